The van der Waals surface area contributed by atoms with Crippen molar-refractivity contribution in [1.29, 1.82) is 0 Å². The number of methoxy groups -OCH3 is 2. The van der Waals surface area contributed by atoms with Crippen molar-refractivity contribution in [3.8, 4) is 11.5 Å². The Kier molecular flexibility index (Phi) is 5.03. The van der Waals surface area contributed by atoms with Gasteiger partial charge in [0.1, 0.15) is 0 Å². The molecule has 0 bridgehead atoms. The Balaban J connectivity index is 1.46. The normalized spacial score (nSPS) is 21.7. The van der Waals surface area contributed by atoms with Crippen molar-refractivity contribution in [2.75, 3.05) is 20.8 Å². The fourth-order valence-corrected chi connectivity index (χ4v) is 4.28. The molecule has 2 aliphatic heterocycles. The molecular weight excluding hydrogens is 340 g/mol. The van der Waals surface area contributed by atoms with Crippen molar-refractivity contribution >= 4 is 5.91 Å². The van der Waals surface area contributed by atoms with Gasteiger partial charge in [-0.3, -0.25) is 9.69 Å². The lowest BCUT2D eigenvalue weighted by atomic mass is 9.86. The molecule has 0 aromatic heterocycles. The van der Waals surface area contributed by atoms with Gasteiger partial charge in [0.15, 0.2) is 11.5 Å². The number of amides is 1. The van der Waals surface area contributed by atoms with E-state index in [-0.39, 0.29) is 11.9 Å². The molecule has 2 heterocycles. The topological polar surface area (TPSA) is 50.8 Å². The third-order valence-electron chi connectivity index (χ3n) is 5.74. The molecule has 1 fully saturated rings. The van der Waals surface area contributed by atoms with Gasteiger partial charge in [-0.25, -0.2) is 0 Å². The van der Waals surface area contributed by atoms with E-state index in [4.69, 9.17) is 9.47 Å². The molecule has 0 saturated carbocycles. The van der Waals surface area contributed by atoms with E-state index >= 15 is 0 Å². The maximum Gasteiger partial charge on any atom is 0.251 e. The number of benzene rings is 2. The molecule has 0 aliphatic carbocycles. The summed E-state index contributed by atoms with van der Waals surface area (Å²) in [7, 11) is 3.35. The van der Waals surface area contributed by atoms with Gasteiger partial charge in [-0.15, -0.1) is 0 Å². The summed E-state index contributed by atoms with van der Waals surface area (Å²) in [4.78, 5) is 15.0. The zero-order valence-electron chi connectivity index (χ0n) is 15.9. The highest BCUT2D eigenvalue weighted by Gasteiger charge is 2.33. The molecule has 27 heavy (non-hydrogen) atoms. The number of carbonyl (C=O) groups is 1. The Morgan fingerprint density at radius 2 is 1.78 bits per heavy atom. The molecule has 0 radical (unpaired) electrons. The van der Waals surface area contributed by atoms with Crippen LogP contribution in [0.25, 0.3) is 0 Å². The highest BCUT2D eigenvalue weighted by atomic mass is 16.5. The van der Waals surface area contributed by atoms with Crippen LogP contribution in [0.3, 0.4) is 0 Å². The smallest absolute Gasteiger partial charge is 0.251 e. The van der Waals surface area contributed by atoms with E-state index in [9.17, 15) is 4.79 Å². The average Bonchev–Trinajstić information content (AvgIpc) is 2.71. The first-order valence-electron chi connectivity index (χ1n) is 9.51. The SMILES string of the molecule is COc1cc2c(cc1OC)CN1CC[C@H](NC(=O)c3ccccc3)C[C@H]1C2. The molecule has 142 valence electrons. The van der Waals surface area contributed by atoms with Crippen LogP contribution in [0.1, 0.15) is 34.3 Å². The Hall–Kier alpha value is -2.53. The molecular formula is C22H26N2O3. The summed E-state index contributed by atoms with van der Waals surface area (Å²) in [6.45, 7) is 1.93. The van der Waals surface area contributed by atoms with Gasteiger partial charge in [0, 0.05) is 30.7 Å². The third-order valence-corrected chi connectivity index (χ3v) is 5.74. The maximum atomic E-state index is 12.5. The molecule has 1 N–H and O–H groups in total. The van der Waals surface area contributed by atoms with Crippen LogP contribution in [0, 0.1) is 0 Å². The molecule has 5 nitrogen and oxygen atoms in total. The van der Waals surface area contributed by atoms with E-state index in [1.807, 2.05) is 30.3 Å². The number of nitrogens with one attached hydrogen (secondary N) is 1. The molecule has 2 aliphatic rings. The van der Waals surface area contributed by atoms with Crippen LogP contribution in [0.5, 0.6) is 11.5 Å². The van der Waals surface area contributed by atoms with Crippen LogP contribution in [0.4, 0.5) is 0 Å². The minimum atomic E-state index is 0.0247. The Morgan fingerprint density at radius 3 is 2.48 bits per heavy atom. The lowest BCUT2D eigenvalue weighted by Gasteiger charge is -2.43. The molecule has 4 rings (SSSR count). The maximum absolute atomic E-state index is 12.5. The first-order valence-corrected chi connectivity index (χ1v) is 9.51. The second-order valence-corrected chi connectivity index (χ2v) is 7.37. The number of carbonyl (C=O) groups excluding carboxylic acids is 1. The number of fused-ring (bicyclic) bond motifs is 2. The van der Waals surface area contributed by atoms with Gasteiger partial charge in [-0.05, 0) is 54.7 Å². The first-order chi connectivity index (χ1) is 13.2. The van der Waals surface area contributed by atoms with Gasteiger partial charge >= 0.3 is 0 Å². The predicted molar refractivity (Wildman–Crippen MR) is 104 cm³/mol. The summed E-state index contributed by atoms with van der Waals surface area (Å²) in [5.74, 6) is 1.60. The first kappa shape index (κ1) is 17.9. The molecule has 0 spiro atoms. The lowest BCUT2D eigenvalue weighted by Crippen LogP contribution is -2.52. The van der Waals surface area contributed by atoms with Crippen molar-refractivity contribution in [2.24, 2.45) is 0 Å². The van der Waals surface area contributed by atoms with Crippen LogP contribution in [-0.2, 0) is 13.0 Å². The van der Waals surface area contributed by atoms with Crippen molar-refractivity contribution in [3.05, 3.63) is 59.2 Å². The quantitative estimate of drug-likeness (QED) is 0.904. The number of hydrogen-bond acceptors (Lipinski definition) is 4. The molecule has 1 amide bonds. The number of piperidine rings is 1. The fraction of sp³-hybridized carbons (Fsp3) is 0.409. The number of ether oxygens (including phenoxy) is 2. The summed E-state index contributed by atoms with van der Waals surface area (Å²) in [6.07, 6.45) is 2.94. The Bertz CT molecular complexity index is 822. The van der Waals surface area contributed by atoms with Gasteiger partial charge in [0.05, 0.1) is 14.2 Å². The molecule has 1 saturated heterocycles. The van der Waals surface area contributed by atoms with Crippen LogP contribution >= 0.6 is 0 Å². The van der Waals surface area contributed by atoms with E-state index in [0.29, 0.717) is 6.04 Å². The molecule has 0 unspecified atom stereocenters. The second kappa shape index (κ2) is 7.61. The molecule has 2 aromatic rings. The van der Waals surface area contributed by atoms with Crippen molar-refractivity contribution in [2.45, 2.75) is 37.9 Å². The number of nitrogens with zero attached hydrogens (tertiary/aromatic N) is 1. The van der Waals surface area contributed by atoms with Crippen LogP contribution < -0.4 is 14.8 Å². The third kappa shape index (κ3) is 3.65. The molecule has 2 aromatic carbocycles. The van der Waals surface area contributed by atoms with Crippen molar-refractivity contribution in [1.82, 2.24) is 10.2 Å². The monoisotopic (exact) mass is 366 g/mol. The predicted octanol–water partition coefficient (Wildman–Crippen LogP) is 3.02. The van der Waals surface area contributed by atoms with Crippen molar-refractivity contribution in [3.63, 3.8) is 0 Å². The van der Waals surface area contributed by atoms with E-state index < -0.39 is 0 Å². The van der Waals surface area contributed by atoms with Crippen molar-refractivity contribution < 1.29 is 14.3 Å². The number of rotatable bonds is 4. The van der Waals surface area contributed by atoms with E-state index in [1.165, 1.54) is 11.1 Å². The summed E-state index contributed by atoms with van der Waals surface area (Å²) >= 11 is 0. The van der Waals surface area contributed by atoms with E-state index in [0.717, 1.165) is 49.4 Å². The second-order valence-electron chi connectivity index (χ2n) is 7.37. The summed E-state index contributed by atoms with van der Waals surface area (Å²) in [5.41, 5.74) is 3.37. The lowest BCUT2D eigenvalue weighted by molar-refractivity contribution is 0.0822. The average molecular weight is 366 g/mol. The van der Waals surface area contributed by atoms with Crippen LogP contribution in [0.2, 0.25) is 0 Å². The minimum Gasteiger partial charge on any atom is -0.493 e. The summed E-state index contributed by atoms with van der Waals surface area (Å²) in [5, 5.41) is 3.22. The Morgan fingerprint density at radius 1 is 1.07 bits per heavy atom. The zero-order chi connectivity index (χ0) is 18.8. The van der Waals surface area contributed by atoms with Gasteiger partial charge in [-0.2, -0.15) is 0 Å². The standard InChI is InChI=1S/C22H26N2O3/c1-26-20-11-16-10-19-13-18(23-22(25)15-6-4-3-5-7-15)8-9-24(19)14-17(16)12-21(20)27-2/h3-7,11-12,18-19H,8-10,13-14H2,1-2H3,(H,23,25)/t18-,19+/m0/s1. The van der Waals surface area contributed by atoms with Gasteiger partial charge < -0.3 is 14.8 Å². The molecule has 2 atom stereocenters. The summed E-state index contributed by atoms with van der Waals surface area (Å²) < 4.78 is 10.9. The summed E-state index contributed by atoms with van der Waals surface area (Å²) in [6, 6.07) is 14.3. The van der Waals surface area contributed by atoms with Crippen LogP contribution in [0.15, 0.2) is 42.5 Å². The Labute approximate surface area is 160 Å². The zero-order valence-corrected chi connectivity index (χ0v) is 15.9. The van der Waals surface area contributed by atoms with Crippen LogP contribution in [-0.4, -0.2) is 43.7 Å². The van der Waals surface area contributed by atoms with Gasteiger partial charge in [0.2, 0.25) is 0 Å². The molecule has 5 heteroatoms. The van der Waals surface area contributed by atoms with Gasteiger partial charge in [-0.1, -0.05) is 18.2 Å². The van der Waals surface area contributed by atoms with Gasteiger partial charge in [0.25, 0.3) is 5.91 Å². The highest BCUT2D eigenvalue weighted by Crippen LogP contribution is 2.36. The fourth-order valence-electron chi connectivity index (χ4n) is 4.28. The van der Waals surface area contributed by atoms with E-state index in [2.05, 4.69) is 22.3 Å². The largest absolute Gasteiger partial charge is 0.493 e. The highest BCUT2D eigenvalue weighted by molar-refractivity contribution is 5.94. The minimum absolute atomic E-state index is 0.0247. The number of hydrogen-bond donors (Lipinski definition) is 1. The van der Waals surface area contributed by atoms with E-state index in [1.54, 1.807) is 14.2 Å².